The Labute approximate surface area is 121 Å². The predicted molar refractivity (Wildman–Crippen MR) is 77.2 cm³/mol. The molecule has 0 fully saturated rings. The summed E-state index contributed by atoms with van der Waals surface area (Å²) in [6.07, 6.45) is 1.12. The molecule has 0 unspecified atom stereocenters. The third-order valence-corrected chi connectivity index (χ3v) is 3.92. The molecule has 0 aliphatic heterocycles. The number of nitrogen functional groups attached to an aromatic ring is 1. The van der Waals surface area contributed by atoms with Gasteiger partial charge in [0.1, 0.15) is 6.20 Å². The number of hydrogen-bond donors (Lipinski definition) is 1. The SMILES string of the molecule is CN(Cc1csc(Br)c1)c1nc(N)ncc1[N+](=O)[O-]. The molecule has 2 aromatic heterocycles. The van der Waals surface area contributed by atoms with Crippen LogP contribution >= 0.6 is 27.3 Å². The van der Waals surface area contributed by atoms with Crippen LogP contribution < -0.4 is 10.6 Å². The second-order valence-electron chi connectivity index (χ2n) is 3.81. The van der Waals surface area contributed by atoms with Crippen molar-refractivity contribution in [2.24, 2.45) is 0 Å². The lowest BCUT2D eigenvalue weighted by atomic mass is 10.3. The molecule has 2 aromatic rings. The zero-order valence-electron chi connectivity index (χ0n) is 9.91. The van der Waals surface area contributed by atoms with Crippen molar-refractivity contribution < 1.29 is 4.92 Å². The summed E-state index contributed by atoms with van der Waals surface area (Å²) >= 11 is 4.93. The largest absolute Gasteiger partial charge is 0.368 e. The molecule has 0 bridgehead atoms. The molecule has 0 atom stereocenters. The van der Waals surface area contributed by atoms with E-state index in [1.165, 1.54) is 0 Å². The second-order valence-corrected chi connectivity index (χ2v) is 6.10. The van der Waals surface area contributed by atoms with Crippen LogP contribution in [0.4, 0.5) is 17.5 Å². The van der Waals surface area contributed by atoms with Gasteiger partial charge in [0.15, 0.2) is 0 Å². The molecular formula is C10H10BrN5O2S. The minimum Gasteiger partial charge on any atom is -0.368 e. The molecule has 0 saturated carbocycles. The van der Waals surface area contributed by atoms with Gasteiger partial charge < -0.3 is 10.6 Å². The predicted octanol–water partition coefficient (Wildman–Crippen LogP) is 2.43. The van der Waals surface area contributed by atoms with E-state index < -0.39 is 4.92 Å². The van der Waals surface area contributed by atoms with E-state index in [-0.39, 0.29) is 17.5 Å². The van der Waals surface area contributed by atoms with Crippen LogP contribution in [0.15, 0.2) is 21.4 Å². The van der Waals surface area contributed by atoms with Gasteiger partial charge in [-0.2, -0.15) is 4.98 Å². The minimum absolute atomic E-state index is 0.0129. The maximum absolute atomic E-state index is 10.9. The van der Waals surface area contributed by atoms with Crippen molar-refractivity contribution in [1.29, 1.82) is 0 Å². The van der Waals surface area contributed by atoms with Crippen LogP contribution in [0.5, 0.6) is 0 Å². The molecule has 9 heteroatoms. The minimum atomic E-state index is -0.519. The van der Waals surface area contributed by atoms with Crippen molar-refractivity contribution >= 4 is 44.7 Å². The highest BCUT2D eigenvalue weighted by molar-refractivity contribution is 9.11. The van der Waals surface area contributed by atoms with Crippen molar-refractivity contribution in [1.82, 2.24) is 9.97 Å². The monoisotopic (exact) mass is 343 g/mol. The van der Waals surface area contributed by atoms with Crippen LogP contribution in [0.3, 0.4) is 0 Å². The molecule has 100 valence electrons. The molecule has 0 aliphatic carbocycles. The lowest BCUT2D eigenvalue weighted by molar-refractivity contribution is -0.384. The van der Waals surface area contributed by atoms with Crippen LogP contribution in [0.1, 0.15) is 5.56 Å². The third-order valence-electron chi connectivity index (χ3n) is 2.37. The summed E-state index contributed by atoms with van der Waals surface area (Å²) in [4.78, 5) is 19.7. The first-order valence-electron chi connectivity index (χ1n) is 5.18. The van der Waals surface area contributed by atoms with Gasteiger partial charge >= 0.3 is 5.69 Å². The van der Waals surface area contributed by atoms with Crippen LogP contribution in [0, 0.1) is 10.1 Å². The summed E-state index contributed by atoms with van der Waals surface area (Å²) in [5.74, 6) is 0.221. The molecule has 0 saturated heterocycles. The number of nitrogens with two attached hydrogens (primary N) is 1. The van der Waals surface area contributed by atoms with E-state index in [1.54, 1.807) is 23.3 Å². The average Bonchev–Trinajstić information content (AvgIpc) is 2.74. The molecule has 0 amide bonds. The van der Waals surface area contributed by atoms with Crippen LogP contribution in [0.2, 0.25) is 0 Å². The van der Waals surface area contributed by atoms with Gasteiger partial charge in [0.25, 0.3) is 0 Å². The number of aromatic nitrogens is 2. The fraction of sp³-hybridized carbons (Fsp3) is 0.200. The van der Waals surface area contributed by atoms with E-state index >= 15 is 0 Å². The summed E-state index contributed by atoms with van der Waals surface area (Å²) < 4.78 is 1.01. The van der Waals surface area contributed by atoms with Crippen LogP contribution in [-0.2, 0) is 6.54 Å². The molecule has 0 aliphatic rings. The Bertz CT molecular complexity index is 618. The van der Waals surface area contributed by atoms with Crippen LogP contribution in [0.25, 0.3) is 0 Å². The summed E-state index contributed by atoms with van der Waals surface area (Å²) in [6, 6.07) is 1.96. The normalized spacial score (nSPS) is 10.4. The number of thiophene rings is 1. The smallest absolute Gasteiger partial charge is 0.329 e. The first kappa shape index (κ1) is 13.7. The number of halogens is 1. The molecule has 2 N–H and O–H groups in total. The van der Waals surface area contributed by atoms with Gasteiger partial charge in [-0.05, 0) is 32.9 Å². The van der Waals surface area contributed by atoms with Gasteiger partial charge in [0.2, 0.25) is 11.8 Å². The molecule has 7 nitrogen and oxygen atoms in total. The van der Waals surface area contributed by atoms with Crippen molar-refractivity contribution in [3.8, 4) is 0 Å². The van der Waals surface area contributed by atoms with Gasteiger partial charge in [-0.3, -0.25) is 10.1 Å². The Kier molecular flexibility index (Phi) is 3.96. The Morgan fingerprint density at radius 3 is 2.95 bits per heavy atom. The zero-order chi connectivity index (χ0) is 14.0. The maximum atomic E-state index is 10.9. The fourth-order valence-electron chi connectivity index (χ4n) is 1.57. The Morgan fingerprint density at radius 2 is 2.37 bits per heavy atom. The van der Waals surface area contributed by atoms with E-state index in [2.05, 4.69) is 25.9 Å². The number of rotatable bonds is 4. The molecule has 2 rings (SSSR count). The lowest BCUT2D eigenvalue weighted by Crippen LogP contribution is -2.19. The van der Waals surface area contributed by atoms with Gasteiger partial charge in [-0.1, -0.05) is 0 Å². The summed E-state index contributed by atoms with van der Waals surface area (Å²) in [5.41, 5.74) is 6.36. The van der Waals surface area contributed by atoms with E-state index in [4.69, 9.17) is 5.73 Å². The maximum Gasteiger partial charge on any atom is 0.329 e. The van der Waals surface area contributed by atoms with Gasteiger partial charge in [-0.15, -0.1) is 11.3 Å². The highest BCUT2D eigenvalue weighted by Crippen LogP contribution is 2.27. The van der Waals surface area contributed by atoms with Crippen molar-refractivity contribution in [2.45, 2.75) is 6.54 Å². The number of nitro groups is 1. The van der Waals surface area contributed by atoms with Crippen LogP contribution in [-0.4, -0.2) is 21.9 Å². The molecule has 0 spiro atoms. The lowest BCUT2D eigenvalue weighted by Gasteiger charge is -2.17. The molecule has 2 heterocycles. The number of hydrogen-bond acceptors (Lipinski definition) is 7. The fourth-order valence-corrected chi connectivity index (χ4v) is 2.77. The average molecular weight is 344 g/mol. The highest BCUT2D eigenvalue weighted by atomic mass is 79.9. The molecular weight excluding hydrogens is 334 g/mol. The molecule has 19 heavy (non-hydrogen) atoms. The van der Waals surface area contributed by atoms with Crippen molar-refractivity contribution in [3.05, 3.63) is 37.1 Å². The number of nitrogens with zero attached hydrogens (tertiary/aromatic N) is 4. The first-order valence-corrected chi connectivity index (χ1v) is 6.85. The van der Waals surface area contributed by atoms with Crippen molar-refractivity contribution in [2.75, 3.05) is 17.7 Å². The van der Waals surface area contributed by atoms with E-state index in [0.29, 0.717) is 6.54 Å². The summed E-state index contributed by atoms with van der Waals surface area (Å²) in [5, 5.41) is 12.9. The van der Waals surface area contributed by atoms with Gasteiger partial charge in [0, 0.05) is 13.6 Å². The topological polar surface area (TPSA) is 98.2 Å². The number of anilines is 2. The third kappa shape index (κ3) is 3.18. The second kappa shape index (κ2) is 5.49. The Morgan fingerprint density at radius 1 is 1.63 bits per heavy atom. The first-order chi connectivity index (χ1) is 8.97. The molecule has 0 radical (unpaired) electrons. The van der Waals surface area contributed by atoms with Gasteiger partial charge in [-0.25, -0.2) is 4.98 Å². The Balaban J connectivity index is 2.29. The van der Waals surface area contributed by atoms with E-state index in [1.807, 2.05) is 11.4 Å². The standard InChI is InChI=1S/C10H10BrN5O2S/c1-15(4-6-2-8(11)19-5-6)9-7(16(17)18)3-13-10(12)14-9/h2-3,5H,4H2,1H3,(H2,12,13,14). The summed E-state index contributed by atoms with van der Waals surface area (Å²) in [6.45, 7) is 0.499. The highest BCUT2D eigenvalue weighted by Gasteiger charge is 2.20. The van der Waals surface area contributed by atoms with Gasteiger partial charge in [0.05, 0.1) is 8.71 Å². The van der Waals surface area contributed by atoms with E-state index in [9.17, 15) is 10.1 Å². The van der Waals surface area contributed by atoms with E-state index in [0.717, 1.165) is 15.5 Å². The summed E-state index contributed by atoms with van der Waals surface area (Å²) in [7, 11) is 1.72. The van der Waals surface area contributed by atoms with Crippen molar-refractivity contribution in [3.63, 3.8) is 0 Å². The quantitative estimate of drug-likeness (QED) is 0.676. The molecule has 0 aromatic carbocycles. The zero-order valence-corrected chi connectivity index (χ0v) is 12.3. The Hall–Kier alpha value is -1.74.